The highest BCUT2D eigenvalue weighted by Gasteiger charge is 2.07. The first kappa shape index (κ1) is 15.3. The Kier molecular flexibility index (Phi) is 4.44. The Hall–Kier alpha value is -2.59. The molecule has 0 amide bonds. The van der Waals surface area contributed by atoms with E-state index in [-0.39, 0.29) is 0 Å². The van der Waals surface area contributed by atoms with Crippen LogP contribution >= 0.6 is 11.6 Å². The molecular formula is C18H14ClNO3. The molecule has 3 aromatic rings. The van der Waals surface area contributed by atoms with Crippen molar-refractivity contribution in [3.8, 4) is 11.5 Å². The van der Waals surface area contributed by atoms with E-state index in [1.165, 1.54) is 0 Å². The van der Waals surface area contributed by atoms with Crippen LogP contribution in [0.2, 0.25) is 5.15 Å². The zero-order valence-corrected chi connectivity index (χ0v) is 13.2. The predicted octanol–water partition coefficient (Wildman–Crippen LogP) is 4.29. The standard InChI is InChI=1S/C18H14ClNO3/c1-22-16-6-7-17-13(9-16)8-14(18(19)20-17)11-23-15-4-2-12(10-21)3-5-15/h2-10H,11H2,1H3. The summed E-state index contributed by atoms with van der Waals surface area (Å²) in [5.41, 5.74) is 2.19. The molecule has 2 aromatic carbocycles. The highest BCUT2D eigenvalue weighted by molar-refractivity contribution is 6.30. The van der Waals surface area contributed by atoms with Crippen LogP contribution < -0.4 is 9.47 Å². The molecular weight excluding hydrogens is 314 g/mol. The van der Waals surface area contributed by atoms with Crippen molar-refractivity contribution in [3.05, 3.63) is 64.8 Å². The van der Waals surface area contributed by atoms with E-state index in [9.17, 15) is 4.79 Å². The molecule has 0 saturated carbocycles. The van der Waals surface area contributed by atoms with Crippen molar-refractivity contribution in [1.29, 1.82) is 0 Å². The second-order valence-corrected chi connectivity index (χ2v) is 5.33. The summed E-state index contributed by atoms with van der Waals surface area (Å²) in [7, 11) is 1.62. The third-order valence-electron chi connectivity index (χ3n) is 3.46. The Morgan fingerprint density at radius 1 is 1.09 bits per heavy atom. The van der Waals surface area contributed by atoms with Gasteiger partial charge in [0.15, 0.2) is 0 Å². The molecule has 0 bridgehead atoms. The quantitative estimate of drug-likeness (QED) is 0.518. The lowest BCUT2D eigenvalue weighted by Gasteiger charge is -2.09. The summed E-state index contributed by atoms with van der Waals surface area (Å²) in [5.74, 6) is 1.43. The van der Waals surface area contributed by atoms with Crippen molar-refractivity contribution in [2.24, 2.45) is 0 Å². The average molecular weight is 328 g/mol. The monoisotopic (exact) mass is 327 g/mol. The summed E-state index contributed by atoms with van der Waals surface area (Å²) in [4.78, 5) is 15.0. The van der Waals surface area contributed by atoms with E-state index in [0.717, 1.165) is 28.5 Å². The van der Waals surface area contributed by atoms with Gasteiger partial charge in [-0.2, -0.15) is 0 Å². The molecule has 5 heteroatoms. The van der Waals surface area contributed by atoms with Crippen molar-refractivity contribution < 1.29 is 14.3 Å². The average Bonchev–Trinajstić information content (AvgIpc) is 2.60. The van der Waals surface area contributed by atoms with Gasteiger partial charge in [0.1, 0.15) is 29.5 Å². The SMILES string of the molecule is COc1ccc2nc(Cl)c(COc3ccc(C=O)cc3)cc2c1. The minimum Gasteiger partial charge on any atom is -0.497 e. The van der Waals surface area contributed by atoms with E-state index < -0.39 is 0 Å². The van der Waals surface area contributed by atoms with E-state index >= 15 is 0 Å². The molecule has 0 atom stereocenters. The van der Waals surface area contributed by atoms with Gasteiger partial charge in [-0.3, -0.25) is 4.79 Å². The van der Waals surface area contributed by atoms with Gasteiger partial charge >= 0.3 is 0 Å². The fraction of sp³-hybridized carbons (Fsp3) is 0.111. The first-order valence-electron chi connectivity index (χ1n) is 7.01. The lowest BCUT2D eigenvalue weighted by molar-refractivity contribution is 0.112. The molecule has 0 spiro atoms. The van der Waals surface area contributed by atoms with Crippen LogP contribution in [0.1, 0.15) is 15.9 Å². The number of nitrogens with zero attached hydrogens (tertiary/aromatic N) is 1. The molecule has 23 heavy (non-hydrogen) atoms. The van der Waals surface area contributed by atoms with Gasteiger partial charge in [0.2, 0.25) is 0 Å². The fourth-order valence-corrected chi connectivity index (χ4v) is 2.41. The second-order valence-electron chi connectivity index (χ2n) is 4.97. The van der Waals surface area contributed by atoms with Crippen molar-refractivity contribution in [1.82, 2.24) is 4.98 Å². The van der Waals surface area contributed by atoms with Gasteiger partial charge in [-0.25, -0.2) is 4.98 Å². The van der Waals surface area contributed by atoms with Crippen molar-refractivity contribution in [2.45, 2.75) is 6.61 Å². The number of carbonyl (C=O) groups excluding carboxylic acids is 1. The largest absolute Gasteiger partial charge is 0.497 e. The second kappa shape index (κ2) is 6.67. The zero-order chi connectivity index (χ0) is 16.2. The summed E-state index contributed by atoms with van der Waals surface area (Å²) in [6, 6.07) is 14.4. The molecule has 0 aliphatic heterocycles. The van der Waals surface area contributed by atoms with Crippen LogP contribution in [0.15, 0.2) is 48.5 Å². The molecule has 1 aromatic heterocycles. The van der Waals surface area contributed by atoms with Gasteiger partial charge in [-0.1, -0.05) is 11.6 Å². The Morgan fingerprint density at radius 3 is 2.52 bits per heavy atom. The van der Waals surface area contributed by atoms with Crippen molar-refractivity contribution in [2.75, 3.05) is 7.11 Å². The maximum absolute atomic E-state index is 10.6. The third-order valence-corrected chi connectivity index (χ3v) is 3.79. The van der Waals surface area contributed by atoms with Crippen molar-refractivity contribution in [3.63, 3.8) is 0 Å². The number of pyridine rings is 1. The van der Waals surface area contributed by atoms with Crippen LogP contribution in [0.4, 0.5) is 0 Å². The van der Waals surface area contributed by atoms with Gasteiger partial charge in [-0.05, 0) is 48.5 Å². The molecule has 3 rings (SSSR count). The first-order valence-corrected chi connectivity index (χ1v) is 7.38. The fourth-order valence-electron chi connectivity index (χ4n) is 2.21. The van der Waals surface area contributed by atoms with E-state index in [1.54, 1.807) is 31.4 Å². The number of aromatic nitrogens is 1. The number of fused-ring (bicyclic) bond motifs is 1. The molecule has 0 saturated heterocycles. The normalized spacial score (nSPS) is 10.5. The van der Waals surface area contributed by atoms with Gasteiger partial charge in [0.25, 0.3) is 0 Å². The minimum absolute atomic E-state index is 0.291. The highest BCUT2D eigenvalue weighted by Crippen LogP contribution is 2.25. The molecule has 0 aliphatic rings. The number of methoxy groups -OCH3 is 1. The Labute approximate surface area is 138 Å². The number of hydrogen-bond donors (Lipinski definition) is 0. The maximum atomic E-state index is 10.6. The van der Waals surface area contributed by atoms with E-state index in [2.05, 4.69) is 4.98 Å². The molecule has 0 unspecified atom stereocenters. The minimum atomic E-state index is 0.291. The van der Waals surface area contributed by atoms with Crippen LogP contribution in [0.25, 0.3) is 10.9 Å². The molecule has 0 fully saturated rings. The lowest BCUT2D eigenvalue weighted by Crippen LogP contribution is -1.98. The molecule has 0 aliphatic carbocycles. The number of halogens is 1. The molecule has 0 radical (unpaired) electrons. The Morgan fingerprint density at radius 2 is 1.83 bits per heavy atom. The van der Waals surface area contributed by atoms with Crippen LogP contribution in [-0.4, -0.2) is 18.4 Å². The van der Waals surface area contributed by atoms with E-state index in [0.29, 0.717) is 23.1 Å². The first-order chi connectivity index (χ1) is 11.2. The summed E-state index contributed by atoms with van der Waals surface area (Å²) in [6.45, 7) is 0.291. The number of benzene rings is 2. The molecule has 0 N–H and O–H groups in total. The van der Waals surface area contributed by atoms with E-state index in [1.807, 2.05) is 24.3 Å². The summed E-state index contributed by atoms with van der Waals surface area (Å²) in [5, 5.41) is 1.34. The van der Waals surface area contributed by atoms with Gasteiger partial charge in [-0.15, -0.1) is 0 Å². The van der Waals surface area contributed by atoms with Crippen LogP contribution in [0, 0.1) is 0 Å². The number of carbonyl (C=O) groups is 1. The van der Waals surface area contributed by atoms with Gasteiger partial charge < -0.3 is 9.47 Å². The van der Waals surface area contributed by atoms with E-state index in [4.69, 9.17) is 21.1 Å². The summed E-state index contributed by atoms with van der Waals surface area (Å²) >= 11 is 6.22. The number of hydrogen-bond acceptors (Lipinski definition) is 4. The summed E-state index contributed by atoms with van der Waals surface area (Å²) in [6.07, 6.45) is 0.793. The topological polar surface area (TPSA) is 48.4 Å². The van der Waals surface area contributed by atoms with Crippen LogP contribution in [0.5, 0.6) is 11.5 Å². The molecule has 4 nitrogen and oxygen atoms in total. The smallest absolute Gasteiger partial charge is 0.150 e. The van der Waals surface area contributed by atoms with Crippen molar-refractivity contribution >= 4 is 28.8 Å². The summed E-state index contributed by atoms with van der Waals surface area (Å²) < 4.78 is 10.9. The third kappa shape index (κ3) is 3.43. The maximum Gasteiger partial charge on any atom is 0.150 e. The zero-order valence-electron chi connectivity index (χ0n) is 12.5. The van der Waals surface area contributed by atoms with Crippen LogP contribution in [-0.2, 0) is 6.61 Å². The van der Waals surface area contributed by atoms with Crippen LogP contribution in [0.3, 0.4) is 0 Å². The number of rotatable bonds is 5. The number of aldehydes is 1. The highest BCUT2D eigenvalue weighted by atomic mass is 35.5. The predicted molar refractivity (Wildman–Crippen MR) is 89.5 cm³/mol. The Bertz CT molecular complexity index is 847. The molecule has 116 valence electrons. The molecule has 1 heterocycles. The Balaban J connectivity index is 1.83. The number of ether oxygens (including phenoxy) is 2. The van der Waals surface area contributed by atoms with Gasteiger partial charge in [0.05, 0.1) is 12.6 Å². The lowest BCUT2D eigenvalue weighted by atomic mass is 10.1. The van der Waals surface area contributed by atoms with Gasteiger partial charge in [0, 0.05) is 16.5 Å².